The number of anilines is 2. The minimum Gasteiger partial charge on any atom is -0.462 e. The van der Waals surface area contributed by atoms with Gasteiger partial charge in [-0.3, -0.25) is 0 Å². The molecule has 6 heteroatoms. The van der Waals surface area contributed by atoms with E-state index in [1.165, 1.54) is 31.8 Å². The zero-order valence-corrected chi connectivity index (χ0v) is 22.6. The van der Waals surface area contributed by atoms with Crippen LogP contribution in [0.3, 0.4) is 0 Å². The summed E-state index contributed by atoms with van der Waals surface area (Å²) in [6.45, 7) is 5.94. The Kier molecular flexibility index (Phi) is 11.5. The summed E-state index contributed by atoms with van der Waals surface area (Å²) in [6.07, 6.45) is 15.3. The van der Waals surface area contributed by atoms with E-state index in [4.69, 9.17) is 20.9 Å². The summed E-state index contributed by atoms with van der Waals surface area (Å²) in [5, 5.41) is 0. The highest BCUT2D eigenvalue weighted by Gasteiger charge is 2.24. The van der Waals surface area contributed by atoms with Crippen molar-refractivity contribution in [1.29, 1.82) is 0 Å². The molecule has 0 saturated heterocycles. The van der Waals surface area contributed by atoms with Crippen molar-refractivity contribution in [2.45, 2.75) is 76.7 Å². The molecule has 3 rings (SSSR count). The molecule has 0 heterocycles. The molecule has 0 aromatic heterocycles. The van der Waals surface area contributed by atoms with E-state index < -0.39 is 5.97 Å². The minimum absolute atomic E-state index is 0.0000164. The Hall–Kier alpha value is -3.54. The first-order chi connectivity index (χ1) is 18.3. The highest BCUT2D eigenvalue weighted by molar-refractivity contribution is 5.90. The maximum Gasteiger partial charge on any atom is 0.338 e. The van der Waals surface area contributed by atoms with Crippen molar-refractivity contribution in [1.82, 2.24) is 0 Å². The topological polar surface area (TPSA) is 105 Å². The molecular formula is C32H42N2O4. The van der Waals surface area contributed by atoms with Gasteiger partial charge in [0.15, 0.2) is 0 Å². The third kappa shape index (κ3) is 9.73. The molecule has 1 unspecified atom stereocenters. The lowest BCUT2D eigenvalue weighted by molar-refractivity contribution is -0.138. The number of esters is 2. The van der Waals surface area contributed by atoms with E-state index in [1.54, 1.807) is 36.4 Å². The smallest absolute Gasteiger partial charge is 0.338 e. The fourth-order valence-electron chi connectivity index (χ4n) is 4.89. The Morgan fingerprint density at radius 2 is 1.68 bits per heavy atom. The van der Waals surface area contributed by atoms with Gasteiger partial charge in [0.05, 0.1) is 12.2 Å². The summed E-state index contributed by atoms with van der Waals surface area (Å²) in [7, 11) is 0. The number of rotatable bonds is 13. The number of carbonyl (C=O) groups is 2. The van der Waals surface area contributed by atoms with Crippen molar-refractivity contribution >= 4 is 29.4 Å². The lowest BCUT2D eigenvalue weighted by Crippen LogP contribution is -2.24. The predicted octanol–water partition coefficient (Wildman–Crippen LogP) is 7.06. The summed E-state index contributed by atoms with van der Waals surface area (Å²) >= 11 is 0. The third-order valence-electron chi connectivity index (χ3n) is 7.19. The SMILES string of the molecule is C=CCCCCCC1CCC(OC(=O)c2ccc(/C=C/C(=O)OCC(C)c3cc(N)cc(N)c3)cc2)CC1. The van der Waals surface area contributed by atoms with Crippen molar-refractivity contribution in [3.05, 3.63) is 77.9 Å². The second-order valence-corrected chi connectivity index (χ2v) is 10.4. The molecule has 0 bridgehead atoms. The van der Waals surface area contributed by atoms with Gasteiger partial charge in [0.1, 0.15) is 6.10 Å². The van der Waals surface area contributed by atoms with Crippen LogP contribution in [0.4, 0.5) is 11.4 Å². The van der Waals surface area contributed by atoms with Crippen LogP contribution >= 0.6 is 0 Å². The number of allylic oxidation sites excluding steroid dienone is 1. The van der Waals surface area contributed by atoms with Crippen molar-refractivity contribution in [2.75, 3.05) is 18.1 Å². The molecule has 1 aliphatic carbocycles. The van der Waals surface area contributed by atoms with Crippen molar-refractivity contribution in [3.63, 3.8) is 0 Å². The van der Waals surface area contributed by atoms with Gasteiger partial charge >= 0.3 is 11.9 Å². The largest absolute Gasteiger partial charge is 0.462 e. The number of nitrogen functional groups attached to an aromatic ring is 2. The highest BCUT2D eigenvalue weighted by atomic mass is 16.5. The molecule has 2 aromatic rings. The second kappa shape index (κ2) is 15.0. The van der Waals surface area contributed by atoms with Crippen molar-refractivity contribution in [3.8, 4) is 0 Å². The van der Waals surface area contributed by atoms with E-state index in [1.807, 2.05) is 25.1 Å². The lowest BCUT2D eigenvalue weighted by Gasteiger charge is -2.28. The second-order valence-electron chi connectivity index (χ2n) is 10.4. The molecular weight excluding hydrogens is 476 g/mol. The molecule has 0 spiro atoms. The van der Waals surface area contributed by atoms with E-state index in [0.29, 0.717) is 16.9 Å². The van der Waals surface area contributed by atoms with Crippen LogP contribution in [-0.4, -0.2) is 24.6 Å². The summed E-state index contributed by atoms with van der Waals surface area (Å²) in [6, 6.07) is 12.4. The Morgan fingerprint density at radius 3 is 2.34 bits per heavy atom. The molecule has 1 saturated carbocycles. The Balaban J connectivity index is 1.38. The maximum atomic E-state index is 12.6. The van der Waals surface area contributed by atoms with Crippen LogP contribution < -0.4 is 11.5 Å². The molecule has 204 valence electrons. The Morgan fingerprint density at radius 1 is 1.00 bits per heavy atom. The van der Waals surface area contributed by atoms with E-state index in [0.717, 1.165) is 49.1 Å². The molecule has 6 nitrogen and oxygen atoms in total. The Labute approximate surface area is 227 Å². The number of hydrogen-bond acceptors (Lipinski definition) is 6. The van der Waals surface area contributed by atoms with Gasteiger partial charge in [-0.1, -0.05) is 44.4 Å². The van der Waals surface area contributed by atoms with Crippen molar-refractivity contribution in [2.24, 2.45) is 5.92 Å². The van der Waals surface area contributed by atoms with Crippen molar-refractivity contribution < 1.29 is 19.1 Å². The molecule has 1 fully saturated rings. The van der Waals surface area contributed by atoms with Gasteiger partial charge < -0.3 is 20.9 Å². The van der Waals surface area contributed by atoms with Gasteiger partial charge in [0.2, 0.25) is 0 Å². The van der Waals surface area contributed by atoms with E-state index >= 15 is 0 Å². The fraction of sp³-hybridized carbons (Fsp3) is 0.438. The lowest BCUT2D eigenvalue weighted by atomic mass is 9.84. The zero-order valence-electron chi connectivity index (χ0n) is 22.6. The standard InChI is InChI=1S/C32H42N2O4/c1-3-4-5-6-7-8-24-11-16-30(17-12-24)38-32(36)26-14-9-25(10-15-26)13-18-31(35)37-22-23(2)27-19-28(33)21-29(34)20-27/h3,9-10,13-15,18-21,23-24,30H,1,4-8,11-12,16-17,22,33-34H2,2H3/b18-13+. The van der Waals surface area contributed by atoms with E-state index in [9.17, 15) is 9.59 Å². The quantitative estimate of drug-likeness (QED) is 0.0966. The molecule has 1 atom stereocenters. The van der Waals surface area contributed by atoms with Crippen LogP contribution in [0.5, 0.6) is 0 Å². The molecule has 2 aromatic carbocycles. The average molecular weight is 519 g/mol. The number of nitrogens with two attached hydrogens (primary N) is 2. The van der Waals surface area contributed by atoms with Crippen LogP contribution in [0.2, 0.25) is 0 Å². The monoisotopic (exact) mass is 518 g/mol. The van der Waals surface area contributed by atoms with Crippen LogP contribution in [-0.2, 0) is 14.3 Å². The highest BCUT2D eigenvalue weighted by Crippen LogP contribution is 2.30. The van der Waals surface area contributed by atoms with Gasteiger partial charge in [-0.05, 0) is 92.0 Å². The summed E-state index contributed by atoms with van der Waals surface area (Å²) < 4.78 is 11.1. The molecule has 1 aliphatic rings. The van der Waals surface area contributed by atoms with Crippen LogP contribution in [0.15, 0.2) is 61.2 Å². The predicted molar refractivity (Wildman–Crippen MR) is 155 cm³/mol. The summed E-state index contributed by atoms with van der Waals surface area (Å²) in [4.78, 5) is 24.8. The number of unbranched alkanes of at least 4 members (excludes halogenated alkanes) is 3. The first-order valence-corrected chi connectivity index (χ1v) is 13.8. The van der Waals surface area contributed by atoms with Crippen LogP contribution in [0.1, 0.15) is 92.1 Å². The van der Waals surface area contributed by atoms with Gasteiger partial charge in [-0.25, -0.2) is 9.59 Å². The minimum atomic E-state index is -0.440. The fourth-order valence-corrected chi connectivity index (χ4v) is 4.89. The summed E-state index contributed by atoms with van der Waals surface area (Å²) in [5.74, 6) is -0.00922. The molecule has 0 radical (unpaired) electrons. The van der Waals surface area contributed by atoms with Gasteiger partial charge in [0, 0.05) is 23.4 Å². The van der Waals surface area contributed by atoms with Gasteiger partial charge in [0.25, 0.3) is 0 Å². The zero-order chi connectivity index (χ0) is 27.3. The number of hydrogen-bond donors (Lipinski definition) is 2. The normalized spacial score (nSPS) is 18.1. The Bertz CT molecular complexity index is 1060. The summed E-state index contributed by atoms with van der Waals surface area (Å²) in [5.41, 5.74) is 15.1. The van der Waals surface area contributed by atoms with E-state index in [2.05, 4.69) is 6.58 Å². The number of ether oxygens (including phenoxy) is 2. The van der Waals surface area contributed by atoms with Gasteiger partial charge in [-0.15, -0.1) is 6.58 Å². The molecule has 4 N–H and O–H groups in total. The molecule has 38 heavy (non-hydrogen) atoms. The van der Waals surface area contributed by atoms with Crippen LogP contribution in [0.25, 0.3) is 6.08 Å². The van der Waals surface area contributed by atoms with E-state index in [-0.39, 0.29) is 24.6 Å². The molecule has 0 amide bonds. The number of carbonyl (C=O) groups excluding carboxylic acids is 2. The van der Waals surface area contributed by atoms with Crippen LogP contribution in [0, 0.1) is 5.92 Å². The third-order valence-corrected chi connectivity index (χ3v) is 7.19. The average Bonchev–Trinajstić information content (AvgIpc) is 2.91. The first kappa shape index (κ1) is 29.0. The molecule has 0 aliphatic heterocycles. The van der Waals surface area contributed by atoms with Gasteiger partial charge in [-0.2, -0.15) is 0 Å². The number of benzene rings is 2. The maximum absolute atomic E-state index is 12.6. The first-order valence-electron chi connectivity index (χ1n) is 13.8.